The fraction of sp³-hybridized carbons (Fsp3) is 0.542. The molecule has 4 radical (unpaired) electrons. The number of nitrogen functional groups attached to an aromatic ring is 1. The Morgan fingerprint density at radius 2 is 1.62 bits per heavy atom. The Balaban J connectivity index is 1.08. The number of nitrogens with zero attached hydrogens (tertiary/aromatic N) is 7. The maximum Gasteiger partial charge on any atom is 0.264 e. The molecule has 3 N–H and O–H groups in total. The largest absolute Gasteiger partial charge is 0.384 e. The molecule has 0 aromatic carbocycles. The van der Waals surface area contributed by atoms with Gasteiger partial charge in [-0.05, 0) is 18.9 Å². The molecule has 4 aliphatic heterocycles. The van der Waals surface area contributed by atoms with Crippen LogP contribution in [0.4, 0.5) is 20.3 Å². The summed E-state index contributed by atoms with van der Waals surface area (Å²) in [6.45, 7) is -0.669. The molecule has 8 heterocycles. The second-order valence-corrected chi connectivity index (χ2v) is 14.5. The summed E-state index contributed by atoms with van der Waals surface area (Å²) < 4.78 is 95.0. The van der Waals surface area contributed by atoms with E-state index >= 15 is 8.78 Å². The third-order valence-corrected chi connectivity index (χ3v) is 10.5. The number of imidazole rings is 1. The van der Waals surface area contributed by atoms with E-state index in [4.69, 9.17) is 48.4 Å². The number of hydrogen-bond donors (Lipinski definition) is 2. The number of fused-ring (bicyclic) bond motifs is 3. The summed E-state index contributed by atoms with van der Waals surface area (Å²) in [6.07, 6.45) is -7.85. The van der Waals surface area contributed by atoms with E-state index in [1.807, 2.05) is 0 Å². The molecule has 0 saturated carbocycles. The van der Waals surface area contributed by atoms with Crippen LogP contribution in [-0.2, 0) is 43.1 Å². The number of aryl methyl sites for hydroxylation is 1. The lowest BCUT2D eigenvalue weighted by atomic mass is 10.1. The normalized spacial score (nSPS) is 37.8. The highest BCUT2D eigenvalue weighted by molar-refractivity contribution is 7.79. The fourth-order valence-corrected chi connectivity index (χ4v) is 8.27. The van der Waals surface area contributed by atoms with E-state index in [-0.39, 0.29) is 17.0 Å². The van der Waals surface area contributed by atoms with Crippen molar-refractivity contribution in [2.75, 3.05) is 30.8 Å². The van der Waals surface area contributed by atoms with Crippen molar-refractivity contribution in [1.29, 1.82) is 0 Å². The molecule has 8 rings (SSSR count). The average molecular weight is 689 g/mol. The second kappa shape index (κ2) is 11.6. The van der Waals surface area contributed by atoms with Crippen molar-refractivity contribution in [2.45, 2.75) is 62.1 Å². The number of aromatic nitrogens is 7. The molecule has 4 unspecified atom stereocenters. The van der Waals surface area contributed by atoms with Crippen molar-refractivity contribution in [2.24, 2.45) is 0 Å². The summed E-state index contributed by atoms with van der Waals surface area (Å²) in [6, 6.07) is 1.79. The number of halogens is 2. The molecule has 10 atom stereocenters. The average Bonchev–Trinajstić information content (AvgIpc) is 3.73. The van der Waals surface area contributed by atoms with E-state index < -0.39 is 77.4 Å². The zero-order chi connectivity index (χ0) is 32.7. The highest BCUT2D eigenvalue weighted by atomic mass is 31.2. The first kappa shape index (κ1) is 31.3. The van der Waals surface area contributed by atoms with Crippen molar-refractivity contribution in [3.8, 4) is 0 Å². The summed E-state index contributed by atoms with van der Waals surface area (Å²) in [5.41, 5.74) is 7.97. The zero-order valence-electron chi connectivity index (χ0n) is 24.2. The minimum absolute atomic E-state index is 0.0452. The minimum Gasteiger partial charge on any atom is -0.384 e. The molecular weight excluding hydrogens is 664 g/mol. The van der Waals surface area contributed by atoms with Gasteiger partial charge in [0.15, 0.2) is 41.9 Å². The van der Waals surface area contributed by atoms with Gasteiger partial charge in [-0.25, -0.2) is 33.4 Å². The Morgan fingerprint density at radius 3 is 2.34 bits per heavy atom. The van der Waals surface area contributed by atoms with Crippen LogP contribution in [0, 0.1) is 0 Å². The highest BCUT2D eigenvalue weighted by Gasteiger charge is 2.54. The summed E-state index contributed by atoms with van der Waals surface area (Å²) in [5.74, 6) is 0.0452. The molecule has 3 saturated heterocycles. The Labute approximate surface area is 267 Å². The minimum atomic E-state index is -4.59. The monoisotopic (exact) mass is 689 g/mol. The lowest BCUT2D eigenvalue weighted by Crippen LogP contribution is -2.37. The molecule has 0 aliphatic carbocycles. The predicted molar refractivity (Wildman–Crippen MR) is 160 cm³/mol. The molecule has 0 amide bonds. The van der Waals surface area contributed by atoms with Gasteiger partial charge in [0.05, 0.1) is 30.6 Å². The molecule has 4 aliphatic rings. The van der Waals surface area contributed by atoms with Gasteiger partial charge in [0.2, 0.25) is 15.1 Å². The molecule has 3 fully saturated rings. The number of pyridine rings is 1. The molecular formula is C24H25B2F2N9O8P2. The van der Waals surface area contributed by atoms with E-state index in [9.17, 15) is 9.13 Å². The van der Waals surface area contributed by atoms with E-state index in [1.54, 1.807) is 12.3 Å². The van der Waals surface area contributed by atoms with Gasteiger partial charge in [-0.2, -0.15) is 5.10 Å². The molecule has 4 aromatic rings. The van der Waals surface area contributed by atoms with Gasteiger partial charge in [-0.3, -0.25) is 13.7 Å². The predicted octanol–water partition coefficient (Wildman–Crippen LogP) is 2.05. The standard InChI is InChI=1S/C24H25B2F2N9O8P2/c25-46(38)41-7-13-19(16(28)24(43-13)37-21-14-10(3-5-31-21)30-4-1-2-11(14)35-37)45-47(26,39)40-6-12-18(44-46)15(27)23(42-12)36-9-34-17-20(29)32-8-33-22(17)36/h3,5,8-9,12-13,15-16,18-19,23-24,30H,1-2,4,6-7H2,(H2,29,32,33)/t12-,13-,15?,16+,18+,19?,23-,24-,46?,47?/m1/s1. The smallest absolute Gasteiger partial charge is 0.264 e. The quantitative estimate of drug-likeness (QED) is 0.229. The Hall–Kier alpha value is -3.02. The van der Waals surface area contributed by atoms with Gasteiger partial charge >= 0.3 is 0 Å². The van der Waals surface area contributed by atoms with E-state index in [0.29, 0.717) is 23.1 Å². The number of anilines is 2. The van der Waals surface area contributed by atoms with Crippen LogP contribution in [0.25, 0.3) is 22.2 Å². The van der Waals surface area contributed by atoms with Crippen LogP contribution in [0.2, 0.25) is 0 Å². The zero-order valence-corrected chi connectivity index (χ0v) is 26.0. The van der Waals surface area contributed by atoms with Crippen LogP contribution in [0.15, 0.2) is 24.9 Å². The summed E-state index contributed by atoms with van der Waals surface area (Å²) in [4.78, 5) is 16.4. The Kier molecular flexibility index (Phi) is 7.68. The van der Waals surface area contributed by atoms with Crippen LogP contribution in [-0.4, -0.2) is 106 Å². The van der Waals surface area contributed by atoms with Crippen molar-refractivity contribution < 1.29 is 45.5 Å². The molecule has 0 bridgehead atoms. The van der Waals surface area contributed by atoms with E-state index in [2.05, 4.69) is 30.4 Å². The third-order valence-electron chi connectivity index (χ3n) is 8.38. The number of nitrogens with one attached hydrogen (secondary N) is 1. The number of rotatable bonds is 2. The van der Waals surface area contributed by atoms with E-state index in [0.717, 1.165) is 25.0 Å². The first-order valence-electron chi connectivity index (χ1n) is 14.5. The van der Waals surface area contributed by atoms with Crippen LogP contribution in [0.3, 0.4) is 0 Å². The van der Waals surface area contributed by atoms with Gasteiger partial charge in [-0.15, -0.1) is 0 Å². The lowest BCUT2D eigenvalue weighted by molar-refractivity contribution is -0.0569. The summed E-state index contributed by atoms with van der Waals surface area (Å²) >= 11 is 0. The molecule has 4 aromatic heterocycles. The molecule has 17 nitrogen and oxygen atoms in total. The van der Waals surface area contributed by atoms with E-state index in [1.165, 1.54) is 15.6 Å². The second-order valence-electron chi connectivity index (χ2n) is 11.4. The van der Waals surface area contributed by atoms with Crippen LogP contribution >= 0.6 is 14.9 Å². The SMILES string of the molecule is [B]P1(=O)OC[C@H]2O[C@@H](n3cnc4c(N)ncnc43)C(F)[C@H]2OP([B])(=O)OC[C@H]2O[C@@H](n3nc4c5c(ccnc53)NCCC4)[C@@H](F)C2O1. The van der Waals surface area contributed by atoms with Gasteiger partial charge < -0.3 is 38.6 Å². The van der Waals surface area contributed by atoms with Crippen molar-refractivity contribution >= 4 is 63.8 Å². The maximum atomic E-state index is 16.3. The van der Waals surface area contributed by atoms with Crippen LogP contribution in [0.1, 0.15) is 24.6 Å². The molecule has 47 heavy (non-hydrogen) atoms. The van der Waals surface area contributed by atoms with Crippen molar-refractivity contribution in [1.82, 2.24) is 34.3 Å². The highest BCUT2D eigenvalue weighted by Crippen LogP contribution is 2.54. The van der Waals surface area contributed by atoms with Gasteiger partial charge in [0.1, 0.15) is 36.3 Å². The topological polar surface area (TPSA) is 202 Å². The number of ether oxygens (including phenoxy) is 2. The molecule has 0 spiro atoms. The fourth-order valence-electron chi connectivity index (χ4n) is 6.26. The summed E-state index contributed by atoms with van der Waals surface area (Å²) in [7, 11) is 2.61. The molecule has 244 valence electrons. The van der Waals surface area contributed by atoms with Crippen molar-refractivity contribution in [3.05, 3.63) is 30.6 Å². The first-order chi connectivity index (χ1) is 22.5. The Bertz CT molecular complexity index is 1960. The van der Waals surface area contributed by atoms with Crippen LogP contribution < -0.4 is 11.1 Å². The summed E-state index contributed by atoms with van der Waals surface area (Å²) in [5, 5.41) is 8.60. The number of hydrogen-bond acceptors (Lipinski definition) is 15. The third kappa shape index (κ3) is 5.46. The van der Waals surface area contributed by atoms with Crippen molar-refractivity contribution in [3.63, 3.8) is 0 Å². The number of nitrogens with two attached hydrogens (primary N) is 1. The molecule has 23 heteroatoms. The maximum absolute atomic E-state index is 16.3. The van der Waals surface area contributed by atoms with Crippen LogP contribution in [0.5, 0.6) is 0 Å². The van der Waals surface area contributed by atoms with Gasteiger partial charge in [0, 0.05) is 18.4 Å². The number of alkyl halides is 2. The Morgan fingerprint density at radius 1 is 0.936 bits per heavy atom. The first-order valence-corrected chi connectivity index (χ1v) is 17.8. The lowest BCUT2D eigenvalue weighted by Gasteiger charge is -2.29. The van der Waals surface area contributed by atoms with Gasteiger partial charge in [0.25, 0.3) is 14.9 Å². The van der Waals surface area contributed by atoms with Gasteiger partial charge in [-0.1, -0.05) is 0 Å².